The van der Waals surface area contributed by atoms with Crippen LogP contribution in [0.15, 0.2) is 24.3 Å². The number of aromatic nitrogens is 1. The average Bonchev–Trinajstić information content (AvgIpc) is 2.90. The molecule has 0 radical (unpaired) electrons. The van der Waals surface area contributed by atoms with Crippen LogP contribution < -0.4 is 5.32 Å². The largest absolute Gasteiger partial charge is 0.310 e. The molecule has 0 bridgehead atoms. The van der Waals surface area contributed by atoms with E-state index >= 15 is 0 Å². The first-order chi connectivity index (χ1) is 9.29. The minimum Gasteiger partial charge on any atom is -0.310 e. The van der Waals surface area contributed by atoms with E-state index in [2.05, 4.69) is 43.4 Å². The Labute approximate surface area is 115 Å². The molecule has 1 atom stereocenters. The van der Waals surface area contributed by atoms with Crippen molar-refractivity contribution < 1.29 is 0 Å². The summed E-state index contributed by atoms with van der Waals surface area (Å²) in [6, 6.07) is 9.14. The Morgan fingerprint density at radius 3 is 2.95 bits per heavy atom. The van der Waals surface area contributed by atoms with Crippen LogP contribution in [0.25, 0.3) is 10.9 Å². The van der Waals surface area contributed by atoms with Gasteiger partial charge in [0, 0.05) is 23.7 Å². The maximum Gasteiger partial charge on any atom is 0.0708 e. The molecule has 1 aliphatic rings. The molecule has 2 nitrogen and oxygen atoms in total. The molecular formula is C17H22N2. The van der Waals surface area contributed by atoms with Gasteiger partial charge in [0.1, 0.15) is 0 Å². The second-order valence-electron chi connectivity index (χ2n) is 5.58. The van der Waals surface area contributed by atoms with Gasteiger partial charge in [-0.2, -0.15) is 0 Å². The molecule has 0 spiro atoms. The Kier molecular flexibility index (Phi) is 3.52. The van der Waals surface area contributed by atoms with E-state index in [4.69, 9.17) is 4.98 Å². The van der Waals surface area contributed by atoms with Crippen molar-refractivity contribution in [3.63, 3.8) is 0 Å². The van der Waals surface area contributed by atoms with Crippen molar-refractivity contribution in [1.82, 2.24) is 10.3 Å². The van der Waals surface area contributed by atoms with Gasteiger partial charge in [0.05, 0.1) is 5.52 Å². The van der Waals surface area contributed by atoms with Crippen LogP contribution in [-0.2, 0) is 19.4 Å². The first-order valence-corrected chi connectivity index (χ1v) is 7.42. The van der Waals surface area contributed by atoms with E-state index in [-0.39, 0.29) is 0 Å². The fourth-order valence-electron chi connectivity index (χ4n) is 2.93. The summed E-state index contributed by atoms with van der Waals surface area (Å²) in [5.41, 5.74) is 5.48. The third kappa shape index (κ3) is 2.37. The highest BCUT2D eigenvalue weighted by molar-refractivity contribution is 5.84. The zero-order valence-corrected chi connectivity index (χ0v) is 11.9. The molecule has 0 aliphatic heterocycles. The van der Waals surface area contributed by atoms with Crippen molar-refractivity contribution in [3.8, 4) is 0 Å². The van der Waals surface area contributed by atoms with Gasteiger partial charge >= 0.3 is 0 Å². The zero-order valence-electron chi connectivity index (χ0n) is 11.9. The lowest BCUT2D eigenvalue weighted by Gasteiger charge is -2.16. The number of para-hydroxylation sites is 1. The smallest absolute Gasteiger partial charge is 0.0708 e. The Morgan fingerprint density at radius 1 is 1.26 bits per heavy atom. The molecule has 3 rings (SSSR count). The number of hydrogen-bond acceptors (Lipinski definition) is 2. The SMILES string of the molecule is CCC(C)NCc1c2c(nc3ccccc13)CCC2. The zero-order chi connectivity index (χ0) is 13.2. The van der Waals surface area contributed by atoms with E-state index in [0.29, 0.717) is 6.04 Å². The second kappa shape index (κ2) is 5.30. The standard InChI is InChI=1S/C17H22N2/c1-3-12(2)18-11-15-13-7-4-5-9-16(13)19-17-10-6-8-14(15)17/h4-5,7,9,12,18H,3,6,8,10-11H2,1-2H3. The van der Waals surface area contributed by atoms with Crippen LogP contribution in [0.5, 0.6) is 0 Å². The summed E-state index contributed by atoms with van der Waals surface area (Å²) in [5.74, 6) is 0. The predicted molar refractivity (Wildman–Crippen MR) is 80.4 cm³/mol. The molecule has 1 unspecified atom stereocenters. The second-order valence-corrected chi connectivity index (χ2v) is 5.58. The molecule has 1 aromatic heterocycles. The summed E-state index contributed by atoms with van der Waals surface area (Å²) in [6.07, 6.45) is 4.78. The van der Waals surface area contributed by atoms with Gasteiger partial charge in [-0.3, -0.25) is 4.98 Å². The Morgan fingerprint density at radius 2 is 2.11 bits per heavy atom. The van der Waals surface area contributed by atoms with Crippen LogP contribution in [0.2, 0.25) is 0 Å². The number of hydrogen-bond donors (Lipinski definition) is 1. The van der Waals surface area contributed by atoms with Gasteiger partial charge in [-0.15, -0.1) is 0 Å². The Balaban J connectivity index is 2.04. The van der Waals surface area contributed by atoms with Gasteiger partial charge < -0.3 is 5.32 Å². The number of nitrogens with zero attached hydrogens (tertiary/aromatic N) is 1. The third-order valence-electron chi connectivity index (χ3n) is 4.28. The molecule has 1 N–H and O–H groups in total. The molecule has 0 saturated heterocycles. The van der Waals surface area contributed by atoms with Gasteiger partial charge in [0.15, 0.2) is 0 Å². The predicted octanol–water partition coefficient (Wildman–Crippen LogP) is 3.61. The lowest BCUT2D eigenvalue weighted by molar-refractivity contribution is 0.534. The van der Waals surface area contributed by atoms with Crippen LogP contribution in [0, 0.1) is 0 Å². The molecule has 100 valence electrons. The maximum absolute atomic E-state index is 4.84. The van der Waals surface area contributed by atoms with Crippen molar-refractivity contribution in [2.45, 2.75) is 52.1 Å². The molecule has 19 heavy (non-hydrogen) atoms. The normalized spacial score (nSPS) is 15.7. The van der Waals surface area contributed by atoms with Crippen LogP contribution in [0.3, 0.4) is 0 Å². The van der Waals surface area contributed by atoms with E-state index in [1.54, 1.807) is 0 Å². The lowest BCUT2D eigenvalue weighted by Crippen LogP contribution is -2.25. The molecule has 1 aliphatic carbocycles. The minimum absolute atomic E-state index is 0.573. The van der Waals surface area contributed by atoms with Crippen molar-refractivity contribution >= 4 is 10.9 Å². The molecule has 2 heteroatoms. The van der Waals surface area contributed by atoms with Crippen molar-refractivity contribution in [2.24, 2.45) is 0 Å². The first-order valence-electron chi connectivity index (χ1n) is 7.42. The van der Waals surface area contributed by atoms with E-state index in [1.807, 2.05) is 0 Å². The topological polar surface area (TPSA) is 24.9 Å². The number of nitrogens with one attached hydrogen (secondary N) is 1. The van der Waals surface area contributed by atoms with Gasteiger partial charge in [-0.05, 0) is 49.8 Å². The minimum atomic E-state index is 0.573. The summed E-state index contributed by atoms with van der Waals surface area (Å²) in [7, 11) is 0. The van der Waals surface area contributed by atoms with Crippen molar-refractivity contribution in [3.05, 3.63) is 41.1 Å². The van der Waals surface area contributed by atoms with Gasteiger partial charge in [0.2, 0.25) is 0 Å². The average molecular weight is 254 g/mol. The molecular weight excluding hydrogens is 232 g/mol. The van der Waals surface area contributed by atoms with Crippen molar-refractivity contribution in [2.75, 3.05) is 0 Å². The number of rotatable bonds is 4. The maximum atomic E-state index is 4.84. The van der Waals surface area contributed by atoms with E-state index in [1.165, 1.54) is 41.5 Å². The van der Waals surface area contributed by atoms with Crippen LogP contribution in [0.4, 0.5) is 0 Å². The lowest BCUT2D eigenvalue weighted by atomic mass is 10.0. The fourth-order valence-corrected chi connectivity index (χ4v) is 2.93. The monoisotopic (exact) mass is 254 g/mol. The highest BCUT2D eigenvalue weighted by atomic mass is 14.9. The third-order valence-corrected chi connectivity index (χ3v) is 4.28. The summed E-state index contributed by atoms with van der Waals surface area (Å²) in [4.78, 5) is 4.84. The molecule has 1 aromatic carbocycles. The molecule has 1 heterocycles. The molecule has 0 fully saturated rings. The summed E-state index contributed by atoms with van der Waals surface area (Å²) in [5, 5.41) is 4.98. The van der Waals surface area contributed by atoms with Crippen LogP contribution in [0.1, 0.15) is 43.5 Å². The van der Waals surface area contributed by atoms with Crippen LogP contribution >= 0.6 is 0 Å². The molecule has 2 aromatic rings. The highest BCUT2D eigenvalue weighted by Crippen LogP contribution is 2.29. The summed E-state index contributed by atoms with van der Waals surface area (Å²) < 4.78 is 0. The van der Waals surface area contributed by atoms with Crippen molar-refractivity contribution in [1.29, 1.82) is 0 Å². The summed E-state index contributed by atoms with van der Waals surface area (Å²) in [6.45, 7) is 5.46. The van der Waals surface area contributed by atoms with Gasteiger partial charge in [-0.25, -0.2) is 0 Å². The van der Waals surface area contributed by atoms with E-state index in [0.717, 1.165) is 18.5 Å². The summed E-state index contributed by atoms with van der Waals surface area (Å²) >= 11 is 0. The number of aryl methyl sites for hydroxylation is 1. The quantitative estimate of drug-likeness (QED) is 0.901. The van der Waals surface area contributed by atoms with Gasteiger partial charge in [0.25, 0.3) is 0 Å². The molecule has 0 amide bonds. The number of pyridine rings is 1. The number of fused-ring (bicyclic) bond motifs is 2. The Hall–Kier alpha value is -1.41. The Bertz CT molecular complexity index is 589. The van der Waals surface area contributed by atoms with E-state index < -0.39 is 0 Å². The van der Waals surface area contributed by atoms with Gasteiger partial charge in [-0.1, -0.05) is 25.1 Å². The van der Waals surface area contributed by atoms with E-state index in [9.17, 15) is 0 Å². The molecule has 0 saturated carbocycles. The number of benzene rings is 1. The fraction of sp³-hybridized carbons (Fsp3) is 0.471. The highest BCUT2D eigenvalue weighted by Gasteiger charge is 2.19. The first kappa shape index (κ1) is 12.6. The van der Waals surface area contributed by atoms with Crippen LogP contribution in [-0.4, -0.2) is 11.0 Å².